The maximum Gasteiger partial charge on any atom is 0.285 e. The van der Waals surface area contributed by atoms with E-state index >= 15 is 0 Å². The van der Waals surface area contributed by atoms with Gasteiger partial charge in [-0.1, -0.05) is 0 Å². The highest BCUT2D eigenvalue weighted by atomic mass is 32.1. The Hall–Kier alpha value is -1.70. The molecular weight excluding hydrogens is 290 g/mol. The molecule has 3 heterocycles. The lowest BCUT2D eigenvalue weighted by atomic mass is 10.2. The minimum absolute atomic E-state index is 0.253. The molecule has 1 saturated heterocycles. The zero-order chi connectivity index (χ0) is 14.7. The van der Waals surface area contributed by atoms with Gasteiger partial charge >= 0.3 is 0 Å². The summed E-state index contributed by atoms with van der Waals surface area (Å²) in [6.07, 6.45) is 4.45. The molecular formula is C14H17N3O3S. The van der Waals surface area contributed by atoms with E-state index in [1.807, 2.05) is 25.4 Å². The number of aromatic nitrogens is 2. The molecule has 0 radical (unpaired) electrons. The number of rotatable bonds is 4. The van der Waals surface area contributed by atoms with Crippen LogP contribution >= 0.6 is 11.3 Å². The molecule has 0 spiro atoms. The van der Waals surface area contributed by atoms with Crippen LogP contribution in [0.4, 0.5) is 0 Å². The van der Waals surface area contributed by atoms with Crippen LogP contribution in [0, 0.1) is 0 Å². The Kier molecular flexibility index (Phi) is 4.33. The topological polar surface area (TPSA) is 65.4 Å². The predicted octanol–water partition coefficient (Wildman–Crippen LogP) is 2.34. The number of carbonyl (C=O) groups excluding carboxylic acids is 1. The third-order valence-corrected chi connectivity index (χ3v) is 4.32. The van der Waals surface area contributed by atoms with Gasteiger partial charge in [-0.3, -0.25) is 9.48 Å². The van der Waals surface area contributed by atoms with Gasteiger partial charge in [0.15, 0.2) is 6.29 Å². The van der Waals surface area contributed by atoms with Crippen LogP contribution in [0.3, 0.4) is 0 Å². The second kappa shape index (κ2) is 6.38. The van der Waals surface area contributed by atoms with Gasteiger partial charge in [-0.05, 0) is 31.0 Å². The zero-order valence-corrected chi connectivity index (χ0v) is 12.6. The van der Waals surface area contributed by atoms with Gasteiger partial charge in [-0.25, -0.2) is 10.3 Å². The first-order chi connectivity index (χ1) is 10.2. The standard InChI is InChI=1S/C14H17N3O3S/c1-17-8-7-10(15-17)11-5-6-12(21-11)14(18)16-20-13-4-2-3-9-19-13/h5-8,13H,2-4,9H2,1H3,(H,16,18). The number of hydroxylamine groups is 1. The molecule has 1 aliphatic rings. The van der Waals surface area contributed by atoms with E-state index in [2.05, 4.69) is 10.6 Å². The van der Waals surface area contributed by atoms with E-state index in [4.69, 9.17) is 9.57 Å². The van der Waals surface area contributed by atoms with Gasteiger partial charge in [0.2, 0.25) is 0 Å². The van der Waals surface area contributed by atoms with Gasteiger partial charge in [0.05, 0.1) is 9.75 Å². The van der Waals surface area contributed by atoms with E-state index in [9.17, 15) is 4.79 Å². The molecule has 0 aromatic carbocycles. The van der Waals surface area contributed by atoms with Crippen LogP contribution in [0.25, 0.3) is 10.6 Å². The molecule has 1 aliphatic heterocycles. The first-order valence-electron chi connectivity index (χ1n) is 6.90. The van der Waals surface area contributed by atoms with Gasteiger partial charge < -0.3 is 4.74 Å². The number of hydrogen-bond donors (Lipinski definition) is 1. The number of nitrogens with one attached hydrogen (secondary N) is 1. The summed E-state index contributed by atoms with van der Waals surface area (Å²) in [7, 11) is 1.86. The molecule has 112 valence electrons. The molecule has 0 aliphatic carbocycles. The van der Waals surface area contributed by atoms with E-state index in [0.717, 1.165) is 29.8 Å². The summed E-state index contributed by atoms with van der Waals surface area (Å²) in [5.41, 5.74) is 3.32. The van der Waals surface area contributed by atoms with Gasteiger partial charge in [0.25, 0.3) is 5.91 Å². The largest absolute Gasteiger partial charge is 0.350 e. The molecule has 6 nitrogen and oxygen atoms in total. The number of hydrogen-bond acceptors (Lipinski definition) is 5. The van der Waals surface area contributed by atoms with Crippen LogP contribution in [-0.4, -0.2) is 28.6 Å². The lowest BCUT2D eigenvalue weighted by Gasteiger charge is -2.21. The normalized spacial score (nSPS) is 18.6. The maximum atomic E-state index is 12.0. The minimum atomic E-state index is -0.335. The van der Waals surface area contributed by atoms with E-state index < -0.39 is 0 Å². The fraction of sp³-hybridized carbons (Fsp3) is 0.429. The highest BCUT2D eigenvalue weighted by Gasteiger charge is 2.17. The molecule has 1 fully saturated rings. The highest BCUT2D eigenvalue weighted by molar-refractivity contribution is 7.17. The monoisotopic (exact) mass is 307 g/mol. The van der Waals surface area contributed by atoms with Crippen molar-refractivity contribution in [1.29, 1.82) is 0 Å². The van der Waals surface area contributed by atoms with Crippen molar-refractivity contribution in [3.63, 3.8) is 0 Å². The Labute approximate surface area is 126 Å². The molecule has 1 amide bonds. The summed E-state index contributed by atoms with van der Waals surface area (Å²) in [4.78, 5) is 18.9. The van der Waals surface area contributed by atoms with Gasteiger partial charge in [0, 0.05) is 26.3 Å². The molecule has 7 heteroatoms. The fourth-order valence-electron chi connectivity index (χ4n) is 2.12. The van der Waals surface area contributed by atoms with Crippen LogP contribution in [0.1, 0.15) is 28.9 Å². The summed E-state index contributed by atoms with van der Waals surface area (Å²) in [5.74, 6) is -0.253. The number of nitrogens with zero attached hydrogens (tertiary/aromatic N) is 2. The van der Waals surface area contributed by atoms with Crippen LogP contribution < -0.4 is 5.48 Å². The predicted molar refractivity (Wildman–Crippen MR) is 78.7 cm³/mol. The van der Waals surface area contributed by atoms with Crippen LogP contribution in [0.2, 0.25) is 0 Å². The van der Waals surface area contributed by atoms with Crippen molar-refractivity contribution in [3.8, 4) is 10.6 Å². The zero-order valence-electron chi connectivity index (χ0n) is 11.7. The SMILES string of the molecule is Cn1ccc(-c2ccc(C(=O)NOC3CCCCO3)s2)n1. The van der Waals surface area contributed by atoms with Gasteiger partial charge in [0.1, 0.15) is 5.69 Å². The van der Waals surface area contributed by atoms with Crippen LogP contribution in [-0.2, 0) is 16.6 Å². The molecule has 1 atom stereocenters. The molecule has 2 aromatic heterocycles. The van der Waals surface area contributed by atoms with E-state index in [-0.39, 0.29) is 12.2 Å². The summed E-state index contributed by atoms with van der Waals surface area (Å²) in [6, 6.07) is 5.58. The number of ether oxygens (including phenoxy) is 1. The number of aryl methyl sites for hydroxylation is 1. The van der Waals surface area contributed by atoms with E-state index in [0.29, 0.717) is 11.5 Å². The maximum absolute atomic E-state index is 12.0. The first-order valence-corrected chi connectivity index (χ1v) is 7.71. The van der Waals surface area contributed by atoms with Crippen molar-refractivity contribution in [3.05, 3.63) is 29.3 Å². The smallest absolute Gasteiger partial charge is 0.285 e. The Balaban J connectivity index is 1.59. The summed E-state index contributed by atoms with van der Waals surface area (Å²) >= 11 is 1.39. The number of amides is 1. The second-order valence-corrected chi connectivity index (χ2v) is 5.97. The lowest BCUT2D eigenvalue weighted by molar-refractivity contribution is -0.186. The quantitative estimate of drug-likeness (QED) is 0.881. The summed E-state index contributed by atoms with van der Waals surface area (Å²) < 4.78 is 7.13. The summed E-state index contributed by atoms with van der Waals surface area (Å²) in [6.45, 7) is 0.684. The van der Waals surface area contributed by atoms with E-state index in [1.165, 1.54) is 11.3 Å². The second-order valence-electron chi connectivity index (χ2n) is 4.88. The number of carbonyl (C=O) groups is 1. The number of thiophene rings is 1. The first kappa shape index (κ1) is 14.2. The van der Waals surface area contributed by atoms with Gasteiger partial charge in [-0.2, -0.15) is 5.10 Å². The Morgan fingerprint density at radius 1 is 1.48 bits per heavy atom. The molecule has 0 bridgehead atoms. The van der Waals surface area contributed by atoms with Crippen molar-refractivity contribution in [2.45, 2.75) is 25.6 Å². The van der Waals surface area contributed by atoms with Crippen molar-refractivity contribution >= 4 is 17.2 Å². The summed E-state index contributed by atoms with van der Waals surface area (Å²) in [5, 5.41) is 4.32. The molecule has 1 unspecified atom stereocenters. The molecule has 1 N–H and O–H groups in total. The molecule has 0 saturated carbocycles. The van der Waals surface area contributed by atoms with Gasteiger partial charge in [-0.15, -0.1) is 11.3 Å². The average molecular weight is 307 g/mol. The van der Waals surface area contributed by atoms with Crippen molar-refractivity contribution in [2.24, 2.45) is 7.05 Å². The van der Waals surface area contributed by atoms with E-state index in [1.54, 1.807) is 10.7 Å². The van der Waals surface area contributed by atoms with Crippen molar-refractivity contribution in [1.82, 2.24) is 15.3 Å². The van der Waals surface area contributed by atoms with Crippen LogP contribution in [0.5, 0.6) is 0 Å². The van der Waals surface area contributed by atoms with Crippen molar-refractivity contribution in [2.75, 3.05) is 6.61 Å². The molecule has 21 heavy (non-hydrogen) atoms. The average Bonchev–Trinajstić information content (AvgIpc) is 3.14. The highest BCUT2D eigenvalue weighted by Crippen LogP contribution is 2.26. The lowest BCUT2D eigenvalue weighted by Crippen LogP contribution is -2.32. The third-order valence-electron chi connectivity index (χ3n) is 3.22. The fourth-order valence-corrected chi connectivity index (χ4v) is 2.97. The van der Waals surface area contributed by atoms with Crippen molar-refractivity contribution < 1.29 is 14.4 Å². The Bertz CT molecular complexity index is 617. The molecule has 2 aromatic rings. The minimum Gasteiger partial charge on any atom is -0.350 e. The van der Waals surface area contributed by atoms with Crippen LogP contribution in [0.15, 0.2) is 24.4 Å². The third kappa shape index (κ3) is 3.49. The Morgan fingerprint density at radius 3 is 3.10 bits per heavy atom. The Morgan fingerprint density at radius 2 is 2.38 bits per heavy atom. The molecule has 3 rings (SSSR count).